The van der Waals surface area contributed by atoms with Gasteiger partial charge in [0, 0.05) is 42.7 Å². The van der Waals surface area contributed by atoms with Gasteiger partial charge in [0.15, 0.2) is 11.5 Å². The van der Waals surface area contributed by atoms with Gasteiger partial charge in [-0.3, -0.25) is 19.7 Å². The van der Waals surface area contributed by atoms with Crippen molar-refractivity contribution < 1.29 is 19.5 Å². The Balaban J connectivity index is 0.000000318. The van der Waals surface area contributed by atoms with Gasteiger partial charge in [0.05, 0.1) is 15.6 Å². The van der Waals surface area contributed by atoms with Crippen LogP contribution < -0.4 is 10.6 Å². The number of aliphatic hydroxyl groups excluding tert-OH is 1. The molecule has 1 aromatic rings. The Morgan fingerprint density at radius 1 is 1.06 bits per heavy atom. The second-order valence-corrected chi connectivity index (χ2v) is 10.3. The monoisotopic (exact) mass is 493 g/mol. The smallest absolute Gasteiger partial charge is 0.293 e. The Morgan fingerprint density at radius 3 is 2.21 bits per heavy atom. The van der Waals surface area contributed by atoms with E-state index in [0.717, 1.165) is 38.8 Å². The number of benzene rings is 1. The number of Topliss-reactive ketones (excluding diaryl/α,β-unsaturated/α-hetero) is 1. The summed E-state index contributed by atoms with van der Waals surface area (Å²) in [6, 6.07) is 1.62. The molecule has 1 aromatic carbocycles. The van der Waals surface area contributed by atoms with E-state index in [9.17, 15) is 19.5 Å². The number of ketones is 1. The Morgan fingerprint density at radius 2 is 1.70 bits per heavy atom. The zero-order valence-corrected chi connectivity index (χ0v) is 20.4. The summed E-state index contributed by atoms with van der Waals surface area (Å²) in [7, 11) is 2.15. The highest BCUT2D eigenvalue weighted by molar-refractivity contribution is 6.47. The summed E-state index contributed by atoms with van der Waals surface area (Å²) in [4.78, 5) is 39.1. The summed E-state index contributed by atoms with van der Waals surface area (Å²) in [5.74, 6) is -2.00. The van der Waals surface area contributed by atoms with Gasteiger partial charge < -0.3 is 15.3 Å². The SMILES string of the molecule is CC1(C2CCCC2)Cc2cc(C3=C(O)C(=O)NC3=O)c(Cl)c(Cl)c2C1=O.CN1CCNCC1. The number of aliphatic hydroxyl groups is 1. The number of likely N-dealkylation sites (N-methyl/N-ethyl adjacent to an activating group) is 1. The van der Waals surface area contributed by atoms with Gasteiger partial charge in [-0.15, -0.1) is 0 Å². The highest BCUT2D eigenvalue weighted by Crippen LogP contribution is 2.52. The molecule has 2 aliphatic carbocycles. The fraction of sp³-hybridized carbons (Fsp3) is 0.542. The molecule has 2 amide bonds. The number of nitrogens with one attached hydrogen (secondary N) is 2. The van der Waals surface area contributed by atoms with Crippen LogP contribution in [0.5, 0.6) is 0 Å². The summed E-state index contributed by atoms with van der Waals surface area (Å²) in [5.41, 5.74) is 0.557. The number of imide groups is 1. The first-order valence-electron chi connectivity index (χ1n) is 11.4. The molecule has 0 aromatic heterocycles. The second kappa shape index (κ2) is 9.37. The molecule has 3 N–H and O–H groups in total. The van der Waals surface area contributed by atoms with Crippen molar-refractivity contribution in [1.82, 2.24) is 15.5 Å². The lowest BCUT2D eigenvalue weighted by molar-refractivity contribution is -0.124. The number of hydrogen-bond acceptors (Lipinski definition) is 6. The molecule has 9 heteroatoms. The van der Waals surface area contributed by atoms with Gasteiger partial charge in [-0.1, -0.05) is 43.0 Å². The highest BCUT2D eigenvalue weighted by Gasteiger charge is 2.49. The van der Waals surface area contributed by atoms with E-state index in [4.69, 9.17) is 23.2 Å². The molecular formula is C24H29Cl2N3O4. The van der Waals surface area contributed by atoms with Crippen LogP contribution in [0.25, 0.3) is 5.57 Å². The second-order valence-electron chi connectivity index (χ2n) is 9.55. The number of nitrogens with zero attached hydrogens (tertiary/aromatic N) is 1. The van der Waals surface area contributed by atoms with Gasteiger partial charge in [0.2, 0.25) is 0 Å². The van der Waals surface area contributed by atoms with E-state index in [1.165, 1.54) is 13.1 Å². The van der Waals surface area contributed by atoms with Crippen LogP contribution in [0.2, 0.25) is 10.0 Å². The average molecular weight is 494 g/mol. The molecule has 2 fully saturated rings. The number of amides is 2. The number of piperazine rings is 1. The number of carbonyl (C=O) groups excluding carboxylic acids is 3. The van der Waals surface area contributed by atoms with E-state index in [1.807, 2.05) is 12.2 Å². The number of hydrogen-bond donors (Lipinski definition) is 3. The van der Waals surface area contributed by atoms with Gasteiger partial charge in [0.25, 0.3) is 11.8 Å². The maximum absolute atomic E-state index is 13.2. The molecule has 7 nitrogen and oxygen atoms in total. The number of fused-ring (bicyclic) bond motifs is 1. The summed E-state index contributed by atoms with van der Waals surface area (Å²) in [6.45, 7) is 6.71. The van der Waals surface area contributed by atoms with Crippen molar-refractivity contribution in [3.05, 3.63) is 38.6 Å². The molecule has 0 radical (unpaired) electrons. The van der Waals surface area contributed by atoms with Crippen LogP contribution in [0.4, 0.5) is 0 Å². The van der Waals surface area contributed by atoms with Crippen LogP contribution in [0.1, 0.15) is 54.1 Å². The fourth-order valence-corrected chi connectivity index (χ4v) is 5.92. The first-order chi connectivity index (χ1) is 15.6. The zero-order valence-electron chi connectivity index (χ0n) is 18.9. The summed E-state index contributed by atoms with van der Waals surface area (Å²) >= 11 is 12.7. The van der Waals surface area contributed by atoms with E-state index in [0.29, 0.717) is 23.5 Å². The lowest BCUT2D eigenvalue weighted by Gasteiger charge is -2.29. The van der Waals surface area contributed by atoms with E-state index in [-0.39, 0.29) is 27.0 Å². The first-order valence-corrected chi connectivity index (χ1v) is 12.1. The van der Waals surface area contributed by atoms with Crippen LogP contribution in [0.3, 0.4) is 0 Å². The summed E-state index contributed by atoms with van der Waals surface area (Å²) in [6.07, 6.45) is 4.77. The molecule has 178 valence electrons. The van der Waals surface area contributed by atoms with E-state index >= 15 is 0 Å². The third-order valence-corrected chi connectivity index (χ3v) is 8.23. The van der Waals surface area contributed by atoms with Crippen LogP contribution >= 0.6 is 23.2 Å². The maximum Gasteiger partial charge on any atom is 0.293 e. The molecule has 2 aliphatic heterocycles. The Kier molecular flexibility index (Phi) is 6.87. The zero-order chi connectivity index (χ0) is 23.9. The van der Waals surface area contributed by atoms with Crippen LogP contribution in [0, 0.1) is 11.3 Å². The largest absolute Gasteiger partial charge is 0.502 e. The number of halogens is 2. The Labute approximate surface area is 203 Å². The lowest BCUT2D eigenvalue weighted by atomic mass is 9.73. The topological polar surface area (TPSA) is 98.7 Å². The van der Waals surface area contributed by atoms with E-state index < -0.39 is 23.0 Å². The van der Waals surface area contributed by atoms with Gasteiger partial charge in [0.1, 0.15) is 0 Å². The van der Waals surface area contributed by atoms with Crippen molar-refractivity contribution >= 4 is 46.4 Å². The Hall–Kier alpha value is -1.93. The maximum atomic E-state index is 13.2. The molecule has 1 unspecified atom stereocenters. The number of carbonyl (C=O) groups is 3. The van der Waals surface area contributed by atoms with Gasteiger partial charge in [-0.2, -0.15) is 0 Å². The van der Waals surface area contributed by atoms with Crippen molar-refractivity contribution in [2.75, 3.05) is 33.2 Å². The summed E-state index contributed by atoms with van der Waals surface area (Å²) in [5, 5.41) is 15.3. The third kappa shape index (κ3) is 4.32. The molecule has 33 heavy (non-hydrogen) atoms. The minimum atomic E-state index is -0.871. The van der Waals surface area contributed by atoms with Crippen LogP contribution in [-0.4, -0.2) is 60.8 Å². The van der Waals surface area contributed by atoms with Crippen molar-refractivity contribution in [2.24, 2.45) is 11.3 Å². The molecule has 1 saturated carbocycles. The lowest BCUT2D eigenvalue weighted by Crippen LogP contribution is -2.40. The predicted molar refractivity (Wildman–Crippen MR) is 128 cm³/mol. The number of rotatable bonds is 2. The highest BCUT2D eigenvalue weighted by atomic mass is 35.5. The minimum Gasteiger partial charge on any atom is -0.502 e. The fourth-order valence-electron chi connectivity index (χ4n) is 5.37. The van der Waals surface area contributed by atoms with E-state index in [2.05, 4.69) is 17.3 Å². The molecule has 0 bridgehead atoms. The predicted octanol–water partition coefficient (Wildman–Crippen LogP) is 3.38. The molecule has 4 aliphatic rings. The standard InChI is InChI=1S/C19H17Cl2NO4.C5H12N2/c1-19(9-4-2-3-5-9)7-8-6-10(12-15(23)18(26)22-17(12)25)13(20)14(21)11(8)16(19)24;1-7-4-2-6-3-5-7/h6,9H,2-5,7H2,1H3,(H2,22,23,25,26);6H,2-5H2,1H3. The normalized spacial score (nSPS) is 25.9. The third-order valence-electron chi connectivity index (χ3n) is 7.36. The molecule has 1 saturated heterocycles. The van der Waals surface area contributed by atoms with Crippen molar-refractivity contribution in [3.63, 3.8) is 0 Å². The summed E-state index contributed by atoms with van der Waals surface area (Å²) < 4.78 is 0. The quantitative estimate of drug-likeness (QED) is 0.546. The first kappa shape index (κ1) is 24.2. The molecule has 0 spiro atoms. The van der Waals surface area contributed by atoms with Crippen molar-refractivity contribution in [1.29, 1.82) is 0 Å². The van der Waals surface area contributed by atoms with E-state index in [1.54, 1.807) is 6.07 Å². The van der Waals surface area contributed by atoms with Gasteiger partial charge >= 0.3 is 0 Å². The average Bonchev–Trinajstić information content (AvgIpc) is 3.46. The Bertz CT molecular complexity index is 1040. The molecular weight excluding hydrogens is 465 g/mol. The molecule has 5 rings (SSSR count). The minimum absolute atomic E-state index is 0.000776. The van der Waals surface area contributed by atoms with Crippen molar-refractivity contribution in [3.8, 4) is 0 Å². The van der Waals surface area contributed by atoms with Gasteiger partial charge in [-0.25, -0.2) is 0 Å². The van der Waals surface area contributed by atoms with Crippen LogP contribution in [-0.2, 0) is 16.0 Å². The van der Waals surface area contributed by atoms with Gasteiger partial charge in [-0.05, 0) is 43.9 Å². The molecule has 1 atom stereocenters. The van der Waals surface area contributed by atoms with Crippen LogP contribution in [0.15, 0.2) is 11.8 Å². The van der Waals surface area contributed by atoms with Crippen molar-refractivity contribution in [2.45, 2.75) is 39.0 Å². The molecule has 2 heterocycles.